The zero-order chi connectivity index (χ0) is 25.2. The first-order chi connectivity index (χ1) is 14.9. The van der Waals surface area contributed by atoms with Crippen molar-refractivity contribution in [2.24, 2.45) is 0 Å². The Hall–Kier alpha value is -2.23. The van der Waals surface area contributed by atoms with Gasteiger partial charge in [0.25, 0.3) is 0 Å². The number of rotatable bonds is 4. The van der Waals surface area contributed by atoms with Gasteiger partial charge < -0.3 is 24.6 Å². The van der Waals surface area contributed by atoms with Gasteiger partial charge in [0.15, 0.2) is 11.5 Å². The van der Waals surface area contributed by atoms with Crippen molar-refractivity contribution in [2.45, 2.75) is 13.0 Å². The Morgan fingerprint density at radius 1 is 1.52 bits per heavy atom. The molecule has 1 aromatic carbocycles. The van der Waals surface area contributed by atoms with E-state index in [-0.39, 0.29) is 24.7 Å². The minimum atomic E-state index is -3.82. The highest BCUT2D eigenvalue weighted by Gasteiger charge is 2.34. The summed E-state index contributed by atoms with van der Waals surface area (Å²) < 4.78 is 83.9. The maximum atomic E-state index is 15.1. The van der Waals surface area contributed by atoms with E-state index in [2.05, 4.69) is 10.1 Å². The first-order valence-corrected chi connectivity index (χ1v) is 7.22. The number of anilines is 1. The van der Waals surface area contributed by atoms with Gasteiger partial charge >= 0.3 is 6.09 Å². The number of cyclic esters (lactones) is 1. The molecule has 1 N–H and O–H groups in total. The molecule has 2 aliphatic rings. The van der Waals surface area contributed by atoms with Crippen molar-refractivity contribution < 1.29 is 34.4 Å². The average Bonchev–Trinajstić information content (AvgIpc) is 3.04. The van der Waals surface area contributed by atoms with Crippen molar-refractivity contribution in [3.05, 3.63) is 29.2 Å². The number of hydrogen-bond donors (Lipinski definition) is 1. The summed E-state index contributed by atoms with van der Waals surface area (Å²) in [6.07, 6.45) is -1.66. The number of carbonyl (C=O) groups is 2. The zero-order valence-corrected chi connectivity index (χ0v) is 13.0. The minimum Gasteiger partial charge on any atom is -0.627 e. The maximum Gasteiger partial charge on any atom is 0.414 e. The van der Waals surface area contributed by atoms with Crippen molar-refractivity contribution in [3.63, 3.8) is 0 Å². The lowest BCUT2D eigenvalue weighted by Gasteiger charge is -2.44. The van der Waals surface area contributed by atoms with Crippen LogP contribution in [0.5, 0.6) is 0 Å². The normalized spacial score (nSPS) is 35.4. The lowest BCUT2D eigenvalue weighted by molar-refractivity contribution is -0.119. The molecule has 2 fully saturated rings. The van der Waals surface area contributed by atoms with Crippen LogP contribution in [0, 0.1) is 11.0 Å². The molecule has 0 saturated carbocycles. The van der Waals surface area contributed by atoms with Crippen molar-refractivity contribution in [1.82, 2.24) is 9.96 Å². The Balaban J connectivity index is 2.02. The highest BCUT2D eigenvalue weighted by Crippen LogP contribution is 2.31. The number of nitrogens with one attached hydrogen (secondary N) is 1. The SMILES string of the molecule is [2H]C1([2H])OC([2H])([2H])C([2H])([2H])[N+]([O-])(c2ccc(N3C[C@H](CNC(C)=O)OC3=O)cc2F)C1([2H])[2H]. The summed E-state index contributed by atoms with van der Waals surface area (Å²) in [6.45, 7) is -13.8. The van der Waals surface area contributed by atoms with Crippen molar-refractivity contribution in [2.75, 3.05) is 44.1 Å². The van der Waals surface area contributed by atoms with Crippen LogP contribution in [0.15, 0.2) is 18.2 Å². The smallest absolute Gasteiger partial charge is 0.414 e. The predicted octanol–water partition coefficient (Wildman–Crippen LogP) is 1.12. The summed E-state index contributed by atoms with van der Waals surface area (Å²) in [5, 5.41) is 16.1. The molecule has 1 aromatic rings. The molecule has 8 nitrogen and oxygen atoms in total. The second kappa shape index (κ2) is 6.95. The van der Waals surface area contributed by atoms with Gasteiger partial charge in [-0.15, -0.1) is 0 Å². The molecule has 3 rings (SSSR count). The topological polar surface area (TPSA) is 90.9 Å². The Morgan fingerprint density at radius 3 is 2.88 bits per heavy atom. The molecule has 2 saturated heterocycles. The number of nitrogens with zero attached hydrogens (tertiary/aromatic N) is 2. The van der Waals surface area contributed by atoms with Crippen molar-refractivity contribution in [1.29, 1.82) is 0 Å². The van der Waals surface area contributed by atoms with E-state index in [1.165, 1.54) is 6.92 Å². The molecule has 0 radical (unpaired) electrons. The predicted molar refractivity (Wildman–Crippen MR) is 88.4 cm³/mol. The summed E-state index contributed by atoms with van der Waals surface area (Å²) in [4.78, 5) is 24.1. The summed E-state index contributed by atoms with van der Waals surface area (Å²) >= 11 is 0. The number of hydrogen-bond acceptors (Lipinski definition) is 5. The first-order valence-electron chi connectivity index (χ1n) is 11.2. The number of hydroxylamine groups is 2. The number of quaternary nitrogens is 1. The largest absolute Gasteiger partial charge is 0.627 e. The van der Waals surface area contributed by atoms with Gasteiger partial charge in [-0.3, -0.25) is 9.69 Å². The standard InChI is InChI=1S/C16H20FN3O5/c1-11(21)18-9-13-10-19(16(22)25-13)12-2-3-15(14(17)8-12)20(23)4-6-24-7-5-20/h2-3,8,13H,4-7,9-10H2,1H3,(H,18,21)/t13-/m0/s1/i4D2,5D2,6D2,7D2. The Kier molecular flexibility index (Phi) is 2.79. The van der Waals surface area contributed by atoms with Crippen LogP contribution in [0.2, 0.25) is 0 Å². The molecule has 25 heavy (non-hydrogen) atoms. The lowest BCUT2D eigenvalue weighted by atomic mass is 10.2. The summed E-state index contributed by atoms with van der Waals surface area (Å²) in [6, 6.07) is 2.27. The molecule has 2 heterocycles. The third-order valence-corrected chi connectivity index (χ3v) is 3.54. The first kappa shape index (κ1) is 10.0. The quantitative estimate of drug-likeness (QED) is 0.641. The van der Waals surface area contributed by atoms with Gasteiger partial charge in [0.1, 0.15) is 19.1 Å². The molecule has 0 aromatic heterocycles. The Bertz CT molecular complexity index is 969. The molecule has 9 heteroatoms. The van der Waals surface area contributed by atoms with E-state index < -0.39 is 54.5 Å². The third-order valence-electron chi connectivity index (χ3n) is 3.54. The second-order valence-electron chi connectivity index (χ2n) is 5.33. The summed E-state index contributed by atoms with van der Waals surface area (Å²) in [5.41, 5.74) is -1.38. The molecular weight excluding hydrogens is 333 g/mol. The van der Waals surface area contributed by atoms with Crippen molar-refractivity contribution in [3.8, 4) is 0 Å². The van der Waals surface area contributed by atoms with Crippen LogP contribution in [0.25, 0.3) is 0 Å². The molecular formula is C16H20FN3O5. The van der Waals surface area contributed by atoms with Gasteiger partial charge in [0, 0.05) is 19.1 Å². The molecule has 0 aliphatic carbocycles. The lowest BCUT2D eigenvalue weighted by Crippen LogP contribution is -2.52. The van der Waals surface area contributed by atoms with Crippen LogP contribution in [0.3, 0.4) is 0 Å². The number of halogens is 1. The molecule has 0 unspecified atom stereocenters. The zero-order valence-electron chi connectivity index (χ0n) is 21.0. The van der Waals surface area contributed by atoms with Gasteiger partial charge in [0.05, 0.1) is 42.9 Å². The monoisotopic (exact) mass is 361 g/mol. The van der Waals surface area contributed by atoms with Gasteiger partial charge in [-0.2, -0.15) is 0 Å². The molecule has 1 atom stereocenters. The second-order valence-corrected chi connectivity index (χ2v) is 5.33. The maximum absolute atomic E-state index is 15.1. The summed E-state index contributed by atoms with van der Waals surface area (Å²) in [5.74, 6) is -1.87. The highest BCUT2D eigenvalue weighted by atomic mass is 19.1. The van der Waals surface area contributed by atoms with Gasteiger partial charge in [0.2, 0.25) is 5.91 Å². The number of benzene rings is 1. The van der Waals surface area contributed by atoms with E-state index in [0.717, 1.165) is 11.0 Å². The van der Waals surface area contributed by atoms with E-state index in [9.17, 15) is 14.8 Å². The van der Waals surface area contributed by atoms with Crippen LogP contribution in [-0.2, 0) is 14.3 Å². The highest BCUT2D eigenvalue weighted by molar-refractivity contribution is 5.90. The summed E-state index contributed by atoms with van der Waals surface area (Å²) in [7, 11) is 0. The fraction of sp³-hybridized carbons (Fsp3) is 0.500. The van der Waals surface area contributed by atoms with Crippen LogP contribution >= 0.6 is 0 Å². The van der Waals surface area contributed by atoms with Crippen LogP contribution in [-0.4, -0.2) is 57.3 Å². The molecule has 2 aliphatic heterocycles. The number of morpholine rings is 1. The number of amides is 2. The molecule has 0 spiro atoms. The molecule has 2 amide bonds. The number of ether oxygens (including phenoxy) is 2. The van der Waals surface area contributed by atoms with Gasteiger partial charge in [-0.25, -0.2) is 9.18 Å². The van der Waals surface area contributed by atoms with E-state index in [1.54, 1.807) is 0 Å². The average molecular weight is 361 g/mol. The Morgan fingerprint density at radius 2 is 2.24 bits per heavy atom. The fourth-order valence-electron chi connectivity index (χ4n) is 2.36. The van der Waals surface area contributed by atoms with E-state index in [1.807, 2.05) is 0 Å². The van der Waals surface area contributed by atoms with Crippen LogP contribution in [0.4, 0.5) is 20.6 Å². The van der Waals surface area contributed by atoms with Crippen LogP contribution < -0.4 is 14.9 Å². The fourth-order valence-corrected chi connectivity index (χ4v) is 2.36. The number of carbonyl (C=O) groups excluding carboxylic acids is 2. The Labute approximate surface area is 155 Å². The van der Waals surface area contributed by atoms with Crippen LogP contribution in [0.1, 0.15) is 17.9 Å². The molecule has 0 bridgehead atoms. The van der Waals surface area contributed by atoms with Gasteiger partial charge in [-0.1, -0.05) is 0 Å². The van der Waals surface area contributed by atoms with E-state index in [0.29, 0.717) is 12.1 Å². The van der Waals surface area contributed by atoms with E-state index in [4.69, 9.17) is 15.7 Å². The van der Waals surface area contributed by atoms with E-state index >= 15 is 4.39 Å². The minimum absolute atomic E-state index is 0.0106. The van der Waals surface area contributed by atoms with Crippen molar-refractivity contribution >= 4 is 23.4 Å². The molecule has 136 valence electrons. The third kappa shape index (κ3) is 3.73. The van der Waals surface area contributed by atoms with Gasteiger partial charge in [-0.05, 0) is 6.07 Å².